The minimum atomic E-state index is -1.07. The van der Waals surface area contributed by atoms with Gasteiger partial charge in [0, 0.05) is 0 Å². The molecule has 0 unspecified atom stereocenters. The van der Waals surface area contributed by atoms with Crippen LogP contribution < -0.4 is 14.4 Å². The van der Waals surface area contributed by atoms with Gasteiger partial charge in [-0.05, 0) is 48.9 Å². The molecule has 0 saturated carbocycles. The van der Waals surface area contributed by atoms with Crippen molar-refractivity contribution in [3.63, 3.8) is 0 Å². The topological polar surface area (TPSA) is 76.1 Å². The molecule has 2 aromatic carbocycles. The number of thiocarbonyl (C=S) groups is 1. The SMILES string of the molecule is CCOc1ccc(/C=C2\SC(=S)N(c3cccc(C(=O)O)c3)C2=O)cc1OC. The fourth-order valence-electron chi connectivity index (χ4n) is 2.67. The van der Waals surface area contributed by atoms with Crippen LogP contribution in [0.3, 0.4) is 0 Å². The molecule has 144 valence electrons. The highest BCUT2D eigenvalue weighted by atomic mass is 32.2. The van der Waals surface area contributed by atoms with Crippen LogP contribution in [0.1, 0.15) is 22.8 Å². The molecular weight excluding hydrogens is 398 g/mol. The number of hydrogen-bond donors (Lipinski definition) is 1. The second-order valence-electron chi connectivity index (χ2n) is 5.72. The first-order valence-electron chi connectivity index (χ1n) is 8.36. The smallest absolute Gasteiger partial charge is 0.335 e. The van der Waals surface area contributed by atoms with Crippen molar-refractivity contribution in [3.05, 3.63) is 58.5 Å². The molecule has 28 heavy (non-hydrogen) atoms. The number of hydrogen-bond acceptors (Lipinski definition) is 6. The molecule has 1 amide bonds. The van der Waals surface area contributed by atoms with E-state index in [2.05, 4.69) is 0 Å². The molecule has 2 aromatic rings. The number of carboxylic acid groups (broad SMARTS) is 1. The highest BCUT2D eigenvalue weighted by Crippen LogP contribution is 2.37. The van der Waals surface area contributed by atoms with E-state index < -0.39 is 5.97 Å². The van der Waals surface area contributed by atoms with E-state index in [4.69, 9.17) is 26.8 Å². The number of thioether (sulfide) groups is 1. The van der Waals surface area contributed by atoms with Crippen molar-refractivity contribution < 1.29 is 24.2 Å². The molecule has 1 aliphatic heterocycles. The average Bonchev–Trinajstić information content (AvgIpc) is 2.96. The molecule has 1 N–H and O–H groups in total. The van der Waals surface area contributed by atoms with Crippen LogP contribution >= 0.6 is 24.0 Å². The van der Waals surface area contributed by atoms with Gasteiger partial charge in [0.05, 0.1) is 29.9 Å². The van der Waals surface area contributed by atoms with Crippen LogP contribution in [0.2, 0.25) is 0 Å². The number of nitrogens with zero attached hydrogens (tertiary/aromatic N) is 1. The number of methoxy groups -OCH3 is 1. The van der Waals surface area contributed by atoms with Crippen LogP contribution in [0, 0.1) is 0 Å². The number of benzene rings is 2. The Morgan fingerprint density at radius 3 is 2.71 bits per heavy atom. The largest absolute Gasteiger partial charge is 0.493 e. The van der Waals surface area contributed by atoms with E-state index in [-0.39, 0.29) is 11.5 Å². The van der Waals surface area contributed by atoms with Crippen molar-refractivity contribution in [2.45, 2.75) is 6.92 Å². The van der Waals surface area contributed by atoms with Gasteiger partial charge in [-0.3, -0.25) is 9.69 Å². The number of carbonyl (C=O) groups is 2. The van der Waals surface area contributed by atoms with E-state index in [1.54, 1.807) is 37.5 Å². The first-order valence-corrected chi connectivity index (χ1v) is 9.59. The standard InChI is InChI=1S/C20H17NO5S2/c1-3-26-15-8-7-12(9-16(15)25-2)10-17-18(22)21(20(27)28-17)14-6-4-5-13(11-14)19(23)24/h4-11H,3H2,1-2H3,(H,23,24)/b17-10-. The van der Waals surface area contributed by atoms with Gasteiger partial charge in [-0.15, -0.1) is 0 Å². The monoisotopic (exact) mass is 415 g/mol. The summed E-state index contributed by atoms with van der Waals surface area (Å²) in [5.74, 6) is -0.171. The maximum Gasteiger partial charge on any atom is 0.335 e. The summed E-state index contributed by atoms with van der Waals surface area (Å²) in [7, 11) is 1.55. The fraction of sp³-hybridized carbons (Fsp3) is 0.150. The molecule has 1 aliphatic rings. The maximum absolute atomic E-state index is 12.9. The molecular formula is C20H17NO5S2. The third-order valence-corrected chi connectivity index (χ3v) is 5.23. The van der Waals surface area contributed by atoms with Crippen LogP contribution in [-0.4, -0.2) is 35.0 Å². The summed E-state index contributed by atoms with van der Waals surface area (Å²) in [5, 5.41) is 9.17. The van der Waals surface area contributed by atoms with Crippen molar-refractivity contribution >= 4 is 51.9 Å². The summed E-state index contributed by atoms with van der Waals surface area (Å²) in [6.07, 6.45) is 1.72. The number of anilines is 1. The second kappa shape index (κ2) is 8.45. The van der Waals surface area contributed by atoms with Gasteiger partial charge in [0.25, 0.3) is 5.91 Å². The lowest BCUT2D eigenvalue weighted by molar-refractivity contribution is -0.113. The van der Waals surface area contributed by atoms with Crippen LogP contribution in [0.15, 0.2) is 47.4 Å². The third-order valence-electron chi connectivity index (χ3n) is 3.93. The minimum absolute atomic E-state index is 0.0896. The van der Waals surface area contributed by atoms with E-state index in [1.807, 2.05) is 13.0 Å². The lowest BCUT2D eigenvalue weighted by Crippen LogP contribution is -2.27. The van der Waals surface area contributed by atoms with E-state index in [0.29, 0.717) is 33.0 Å². The number of rotatable bonds is 6. The maximum atomic E-state index is 12.9. The van der Waals surface area contributed by atoms with Crippen molar-refractivity contribution in [2.24, 2.45) is 0 Å². The zero-order chi connectivity index (χ0) is 20.3. The van der Waals surface area contributed by atoms with E-state index in [9.17, 15) is 9.59 Å². The lowest BCUT2D eigenvalue weighted by Gasteiger charge is -2.14. The highest BCUT2D eigenvalue weighted by Gasteiger charge is 2.33. The van der Waals surface area contributed by atoms with Crippen molar-refractivity contribution in [3.8, 4) is 11.5 Å². The van der Waals surface area contributed by atoms with Crippen LogP contribution in [0.5, 0.6) is 11.5 Å². The Hall–Kier alpha value is -2.84. The van der Waals surface area contributed by atoms with Gasteiger partial charge >= 0.3 is 5.97 Å². The van der Waals surface area contributed by atoms with Gasteiger partial charge in [-0.25, -0.2) is 4.79 Å². The quantitative estimate of drug-likeness (QED) is 0.560. The fourth-order valence-corrected chi connectivity index (χ4v) is 3.97. The lowest BCUT2D eigenvalue weighted by atomic mass is 10.1. The third kappa shape index (κ3) is 4.02. The molecule has 0 aromatic heterocycles. The molecule has 0 radical (unpaired) electrons. The number of ether oxygens (including phenoxy) is 2. The first-order chi connectivity index (χ1) is 13.4. The van der Waals surface area contributed by atoms with Gasteiger partial charge in [-0.1, -0.05) is 36.1 Å². The van der Waals surface area contributed by atoms with E-state index >= 15 is 0 Å². The molecule has 0 aliphatic carbocycles. The summed E-state index contributed by atoms with van der Waals surface area (Å²) >= 11 is 6.50. The Bertz CT molecular complexity index is 986. The molecule has 1 fully saturated rings. The normalized spacial score (nSPS) is 15.2. The number of carboxylic acids is 1. The number of carbonyl (C=O) groups excluding carboxylic acids is 1. The highest BCUT2D eigenvalue weighted by molar-refractivity contribution is 8.27. The van der Waals surface area contributed by atoms with Gasteiger partial charge in [0.2, 0.25) is 0 Å². The molecule has 1 heterocycles. The van der Waals surface area contributed by atoms with Gasteiger partial charge in [0.15, 0.2) is 15.8 Å². The number of aromatic carboxylic acids is 1. The first kappa shape index (κ1) is 19.9. The van der Waals surface area contributed by atoms with Gasteiger partial charge in [0.1, 0.15) is 0 Å². The van der Waals surface area contributed by atoms with Crippen LogP contribution in [0.25, 0.3) is 6.08 Å². The summed E-state index contributed by atoms with van der Waals surface area (Å²) in [6.45, 7) is 2.40. The molecule has 0 bridgehead atoms. The van der Waals surface area contributed by atoms with Crippen molar-refractivity contribution in [1.82, 2.24) is 0 Å². The molecule has 1 saturated heterocycles. The van der Waals surface area contributed by atoms with Crippen molar-refractivity contribution in [1.29, 1.82) is 0 Å². The molecule has 3 rings (SSSR count). The predicted octanol–water partition coefficient (Wildman–Crippen LogP) is 4.20. The summed E-state index contributed by atoms with van der Waals surface area (Å²) in [6, 6.07) is 11.5. The average molecular weight is 415 g/mol. The van der Waals surface area contributed by atoms with E-state index in [0.717, 1.165) is 17.3 Å². The Morgan fingerprint density at radius 2 is 2.04 bits per heavy atom. The zero-order valence-electron chi connectivity index (χ0n) is 15.2. The Labute approximate surface area is 171 Å². The summed E-state index contributed by atoms with van der Waals surface area (Å²) in [5.41, 5.74) is 1.28. The van der Waals surface area contributed by atoms with Crippen LogP contribution in [-0.2, 0) is 4.79 Å². The molecule has 6 nitrogen and oxygen atoms in total. The predicted molar refractivity (Wildman–Crippen MR) is 113 cm³/mol. The second-order valence-corrected chi connectivity index (χ2v) is 7.39. The van der Waals surface area contributed by atoms with Crippen LogP contribution in [0.4, 0.5) is 5.69 Å². The Morgan fingerprint density at radius 1 is 1.25 bits per heavy atom. The van der Waals surface area contributed by atoms with Crippen molar-refractivity contribution in [2.75, 3.05) is 18.6 Å². The Balaban J connectivity index is 1.91. The molecule has 0 atom stereocenters. The summed E-state index contributed by atoms with van der Waals surface area (Å²) < 4.78 is 11.2. The molecule has 8 heteroatoms. The van der Waals surface area contributed by atoms with Gasteiger partial charge < -0.3 is 14.6 Å². The summed E-state index contributed by atoms with van der Waals surface area (Å²) in [4.78, 5) is 25.8. The van der Waals surface area contributed by atoms with E-state index in [1.165, 1.54) is 17.0 Å². The number of amides is 1. The minimum Gasteiger partial charge on any atom is -0.493 e. The molecule has 0 spiro atoms. The zero-order valence-corrected chi connectivity index (χ0v) is 16.8. The van der Waals surface area contributed by atoms with Gasteiger partial charge in [-0.2, -0.15) is 0 Å². The Kier molecular flexibility index (Phi) is 6.01.